The molecule has 37 heavy (non-hydrogen) atoms. The van der Waals surface area contributed by atoms with Crippen LogP contribution in [0.15, 0.2) is 72.3 Å². The van der Waals surface area contributed by atoms with Gasteiger partial charge in [0.25, 0.3) is 11.7 Å². The molecule has 1 atom stereocenters. The van der Waals surface area contributed by atoms with Gasteiger partial charge in [-0.25, -0.2) is 0 Å². The fourth-order valence-corrected chi connectivity index (χ4v) is 4.47. The van der Waals surface area contributed by atoms with E-state index in [1.54, 1.807) is 73.8 Å². The zero-order chi connectivity index (χ0) is 25.9. The molecule has 1 saturated heterocycles. The maximum absolute atomic E-state index is 13.4. The van der Waals surface area contributed by atoms with Gasteiger partial charge in [0.1, 0.15) is 30.5 Å². The largest absolute Gasteiger partial charge is 0.507 e. The molecule has 0 saturated carbocycles. The van der Waals surface area contributed by atoms with Gasteiger partial charge >= 0.3 is 0 Å². The summed E-state index contributed by atoms with van der Waals surface area (Å²) in [7, 11) is 1.56. The first-order valence-corrected chi connectivity index (χ1v) is 12.1. The molecule has 8 nitrogen and oxygen atoms in total. The van der Waals surface area contributed by atoms with E-state index in [1.807, 2.05) is 6.92 Å². The highest BCUT2D eigenvalue weighted by molar-refractivity contribution is 6.51. The average molecular weight is 502 g/mol. The molecule has 1 amide bonds. The molecule has 0 aliphatic carbocycles. The summed E-state index contributed by atoms with van der Waals surface area (Å²) in [6, 6.07) is 18.1. The Hall–Kier alpha value is -4.46. The number of amides is 1. The number of ether oxygens (including phenoxy) is 4. The van der Waals surface area contributed by atoms with Crippen molar-refractivity contribution in [3.8, 4) is 23.0 Å². The molecule has 3 aromatic carbocycles. The van der Waals surface area contributed by atoms with Crippen LogP contribution in [0.1, 0.15) is 30.5 Å². The lowest BCUT2D eigenvalue weighted by Crippen LogP contribution is -2.29. The molecule has 3 aromatic rings. The van der Waals surface area contributed by atoms with Crippen LogP contribution in [0, 0.1) is 0 Å². The number of anilines is 1. The highest BCUT2D eigenvalue weighted by Gasteiger charge is 2.47. The summed E-state index contributed by atoms with van der Waals surface area (Å²) >= 11 is 0. The SMILES string of the molecule is CCCOc1ccc(/C(O)=C2\C(=O)C(=O)N(c3ccc4c(c3)OCCO4)C2c2ccc(OC)cc2)cc1. The van der Waals surface area contributed by atoms with Gasteiger partial charge in [0.2, 0.25) is 0 Å². The van der Waals surface area contributed by atoms with Crippen LogP contribution in [-0.4, -0.2) is 43.7 Å². The van der Waals surface area contributed by atoms with Gasteiger partial charge in [-0.3, -0.25) is 14.5 Å². The number of nitrogens with zero attached hydrogens (tertiary/aromatic N) is 1. The molecule has 0 aromatic heterocycles. The van der Waals surface area contributed by atoms with E-state index in [9.17, 15) is 14.7 Å². The summed E-state index contributed by atoms with van der Waals surface area (Å²) in [6.07, 6.45) is 0.868. The smallest absolute Gasteiger partial charge is 0.300 e. The minimum Gasteiger partial charge on any atom is -0.507 e. The Kier molecular flexibility index (Phi) is 6.72. The quantitative estimate of drug-likeness (QED) is 0.280. The van der Waals surface area contributed by atoms with Gasteiger partial charge in [-0.2, -0.15) is 0 Å². The number of methoxy groups -OCH3 is 1. The lowest BCUT2D eigenvalue weighted by atomic mass is 9.95. The third-order valence-electron chi connectivity index (χ3n) is 6.28. The molecule has 8 heteroatoms. The van der Waals surface area contributed by atoms with E-state index in [0.29, 0.717) is 59.6 Å². The van der Waals surface area contributed by atoms with E-state index in [0.717, 1.165) is 6.42 Å². The lowest BCUT2D eigenvalue weighted by Gasteiger charge is -2.27. The summed E-state index contributed by atoms with van der Waals surface area (Å²) in [4.78, 5) is 28.2. The number of aliphatic hydroxyl groups is 1. The van der Waals surface area contributed by atoms with Crippen molar-refractivity contribution in [2.24, 2.45) is 0 Å². The molecule has 1 fully saturated rings. The second-order valence-corrected chi connectivity index (χ2v) is 8.64. The molecule has 2 aliphatic heterocycles. The minimum atomic E-state index is -0.871. The van der Waals surface area contributed by atoms with E-state index in [1.165, 1.54) is 4.90 Å². The standard InChI is InChI=1S/C29H27NO7/c1-3-14-35-22-11-6-19(7-12-22)27(31)25-26(18-4-9-21(34-2)10-5-18)30(29(33)28(25)32)20-8-13-23-24(17-20)37-16-15-36-23/h4-13,17,26,31H,3,14-16H2,1-2H3/b27-25+. The Morgan fingerprint density at radius 1 is 0.946 bits per heavy atom. The van der Waals surface area contributed by atoms with Crippen LogP contribution in [-0.2, 0) is 9.59 Å². The molecule has 5 rings (SSSR count). The van der Waals surface area contributed by atoms with E-state index < -0.39 is 17.7 Å². The molecule has 1 unspecified atom stereocenters. The van der Waals surface area contributed by atoms with Crippen LogP contribution >= 0.6 is 0 Å². The van der Waals surface area contributed by atoms with Crippen molar-refractivity contribution in [1.29, 1.82) is 0 Å². The number of ketones is 1. The lowest BCUT2D eigenvalue weighted by molar-refractivity contribution is -0.132. The van der Waals surface area contributed by atoms with E-state index >= 15 is 0 Å². The Morgan fingerprint density at radius 3 is 2.30 bits per heavy atom. The Labute approximate surface area is 214 Å². The monoisotopic (exact) mass is 501 g/mol. The van der Waals surface area contributed by atoms with Crippen LogP contribution in [0.3, 0.4) is 0 Å². The van der Waals surface area contributed by atoms with Crippen LogP contribution in [0.25, 0.3) is 5.76 Å². The Morgan fingerprint density at radius 2 is 1.62 bits per heavy atom. The van der Waals surface area contributed by atoms with Crippen molar-refractivity contribution in [1.82, 2.24) is 0 Å². The van der Waals surface area contributed by atoms with Crippen molar-refractivity contribution >= 4 is 23.1 Å². The summed E-state index contributed by atoms with van der Waals surface area (Å²) in [5, 5.41) is 11.3. The third kappa shape index (κ3) is 4.58. The number of aliphatic hydroxyl groups excluding tert-OH is 1. The summed E-state index contributed by atoms with van der Waals surface area (Å²) in [6.45, 7) is 3.41. The number of fused-ring (bicyclic) bond motifs is 1. The fraction of sp³-hybridized carbons (Fsp3) is 0.241. The van der Waals surface area contributed by atoms with E-state index in [2.05, 4.69) is 0 Å². The predicted molar refractivity (Wildman–Crippen MR) is 137 cm³/mol. The highest BCUT2D eigenvalue weighted by Crippen LogP contribution is 2.44. The molecule has 0 spiro atoms. The highest BCUT2D eigenvalue weighted by atomic mass is 16.6. The maximum Gasteiger partial charge on any atom is 0.300 e. The van der Waals surface area contributed by atoms with Crippen molar-refractivity contribution in [2.45, 2.75) is 19.4 Å². The van der Waals surface area contributed by atoms with Crippen molar-refractivity contribution < 1.29 is 33.6 Å². The van der Waals surface area contributed by atoms with Crippen LogP contribution < -0.4 is 23.8 Å². The number of rotatable bonds is 7. The van der Waals surface area contributed by atoms with Gasteiger partial charge < -0.3 is 24.1 Å². The normalized spacial score (nSPS) is 18.1. The van der Waals surface area contributed by atoms with Crippen LogP contribution in [0.5, 0.6) is 23.0 Å². The topological polar surface area (TPSA) is 94.5 Å². The first-order chi connectivity index (χ1) is 18.0. The average Bonchev–Trinajstić information content (AvgIpc) is 3.21. The van der Waals surface area contributed by atoms with Gasteiger partial charge in [0.05, 0.1) is 25.3 Å². The third-order valence-corrected chi connectivity index (χ3v) is 6.28. The molecule has 0 bridgehead atoms. The fourth-order valence-electron chi connectivity index (χ4n) is 4.47. The molecule has 190 valence electrons. The van der Waals surface area contributed by atoms with E-state index in [-0.39, 0.29) is 11.3 Å². The van der Waals surface area contributed by atoms with E-state index in [4.69, 9.17) is 18.9 Å². The summed E-state index contributed by atoms with van der Waals surface area (Å²) in [5.74, 6) is 0.548. The first kappa shape index (κ1) is 24.2. The van der Waals surface area contributed by atoms with Crippen molar-refractivity contribution in [3.63, 3.8) is 0 Å². The predicted octanol–water partition coefficient (Wildman–Crippen LogP) is 4.88. The molecule has 2 heterocycles. The van der Waals surface area contributed by atoms with Gasteiger partial charge in [-0.1, -0.05) is 19.1 Å². The van der Waals surface area contributed by atoms with Gasteiger partial charge in [0.15, 0.2) is 11.5 Å². The van der Waals surface area contributed by atoms with Crippen LogP contribution in [0.4, 0.5) is 5.69 Å². The molecular formula is C29H27NO7. The maximum atomic E-state index is 13.4. The van der Waals surface area contributed by atoms with Gasteiger partial charge in [0, 0.05) is 17.3 Å². The number of Topliss-reactive ketones (excluding diaryl/α,β-unsaturated/α-hetero) is 1. The molecular weight excluding hydrogens is 474 g/mol. The number of hydrogen-bond donors (Lipinski definition) is 1. The number of carbonyl (C=O) groups is 2. The van der Waals surface area contributed by atoms with Gasteiger partial charge in [-0.15, -0.1) is 0 Å². The number of hydrogen-bond acceptors (Lipinski definition) is 7. The number of carbonyl (C=O) groups excluding carboxylic acids is 2. The van der Waals surface area contributed by atoms with Crippen LogP contribution in [0.2, 0.25) is 0 Å². The number of benzene rings is 3. The zero-order valence-electron chi connectivity index (χ0n) is 20.6. The molecule has 2 aliphatic rings. The summed E-state index contributed by atoms with van der Waals surface area (Å²) in [5.41, 5.74) is 1.49. The van der Waals surface area contributed by atoms with Gasteiger partial charge in [-0.05, 0) is 60.5 Å². The first-order valence-electron chi connectivity index (χ1n) is 12.1. The van der Waals surface area contributed by atoms with Crippen molar-refractivity contribution in [3.05, 3.63) is 83.4 Å². The second-order valence-electron chi connectivity index (χ2n) is 8.64. The molecule has 1 N–H and O–H groups in total. The molecule has 0 radical (unpaired) electrons. The second kappa shape index (κ2) is 10.3. The summed E-state index contributed by atoms with van der Waals surface area (Å²) < 4.78 is 22.2. The Bertz CT molecular complexity index is 1350. The zero-order valence-corrected chi connectivity index (χ0v) is 20.6. The minimum absolute atomic E-state index is 0.00715. The Balaban J connectivity index is 1.62. The van der Waals surface area contributed by atoms with Crippen molar-refractivity contribution in [2.75, 3.05) is 31.8 Å².